The summed E-state index contributed by atoms with van der Waals surface area (Å²) < 4.78 is 5.20. The molecule has 2 aliphatic rings. The molecule has 2 fully saturated rings. The molecule has 0 aromatic heterocycles. The Hall–Kier alpha value is -2.39. The number of carbonyl (C=O) groups is 2. The van der Waals surface area contributed by atoms with Gasteiger partial charge in [0.2, 0.25) is 0 Å². The Kier molecular flexibility index (Phi) is 7.15. The Morgan fingerprint density at radius 3 is 2.28 bits per heavy atom. The molecule has 7 nitrogen and oxygen atoms in total. The van der Waals surface area contributed by atoms with Crippen molar-refractivity contribution in [3.63, 3.8) is 0 Å². The summed E-state index contributed by atoms with van der Waals surface area (Å²) in [5.41, 5.74) is 8.09. The molecule has 0 bridgehead atoms. The molecule has 170 valence electrons. The van der Waals surface area contributed by atoms with E-state index in [9.17, 15) is 14.7 Å². The molecule has 4 rings (SSSR count). The SMILES string of the molecule is NC(C(=O)O)C1NC(C(=O)OCc2ccccc2)C2(CCN(Cc3ccccc3)CC2)S1. The van der Waals surface area contributed by atoms with Gasteiger partial charge in [0.1, 0.15) is 18.7 Å². The van der Waals surface area contributed by atoms with Gasteiger partial charge in [-0.3, -0.25) is 19.8 Å². The molecule has 3 unspecified atom stereocenters. The molecule has 0 aliphatic carbocycles. The highest BCUT2D eigenvalue weighted by atomic mass is 32.2. The van der Waals surface area contributed by atoms with Gasteiger partial charge < -0.3 is 15.6 Å². The minimum absolute atomic E-state index is 0.189. The summed E-state index contributed by atoms with van der Waals surface area (Å²) in [6, 6.07) is 18.2. The highest BCUT2D eigenvalue weighted by Gasteiger charge is 2.55. The van der Waals surface area contributed by atoms with Crippen LogP contribution in [0.2, 0.25) is 0 Å². The van der Waals surface area contributed by atoms with Crippen molar-refractivity contribution in [1.82, 2.24) is 10.2 Å². The molecule has 8 heteroatoms. The van der Waals surface area contributed by atoms with Crippen LogP contribution in [0.4, 0.5) is 0 Å². The fourth-order valence-electron chi connectivity index (χ4n) is 4.41. The molecule has 0 radical (unpaired) electrons. The van der Waals surface area contributed by atoms with Gasteiger partial charge in [-0.25, -0.2) is 0 Å². The van der Waals surface area contributed by atoms with Crippen molar-refractivity contribution < 1.29 is 19.4 Å². The Balaban J connectivity index is 1.44. The minimum atomic E-state index is -1.09. The number of carboxylic acids is 1. The number of aliphatic carboxylic acids is 1. The Morgan fingerprint density at radius 2 is 1.69 bits per heavy atom. The predicted molar refractivity (Wildman–Crippen MR) is 124 cm³/mol. The van der Waals surface area contributed by atoms with Crippen LogP contribution < -0.4 is 11.1 Å². The number of nitrogens with one attached hydrogen (secondary N) is 1. The van der Waals surface area contributed by atoms with Gasteiger partial charge in [0.15, 0.2) is 0 Å². The number of piperidine rings is 1. The van der Waals surface area contributed by atoms with Crippen LogP contribution in [0, 0.1) is 0 Å². The van der Waals surface area contributed by atoms with Crippen molar-refractivity contribution in [2.45, 2.75) is 48.2 Å². The number of nitrogens with zero attached hydrogens (tertiary/aromatic N) is 1. The second kappa shape index (κ2) is 10.0. The van der Waals surface area contributed by atoms with Gasteiger partial charge in [-0.2, -0.15) is 0 Å². The summed E-state index contributed by atoms with van der Waals surface area (Å²) in [6.45, 7) is 2.69. The molecule has 2 saturated heterocycles. The third kappa shape index (κ3) is 5.15. The number of hydrogen-bond acceptors (Lipinski definition) is 7. The standard InChI is InChI=1S/C24H29N3O4S/c25-19(22(28)29)21-26-20(23(30)31-16-18-9-5-2-6-10-18)24(32-21)11-13-27(14-12-24)15-17-7-3-1-4-8-17/h1-10,19-21,26H,11-16,25H2,(H,28,29). The minimum Gasteiger partial charge on any atom is -0.480 e. The molecule has 0 amide bonds. The van der Waals surface area contributed by atoms with Gasteiger partial charge in [-0.05, 0) is 37.1 Å². The van der Waals surface area contributed by atoms with E-state index in [4.69, 9.17) is 10.5 Å². The number of ether oxygens (including phenoxy) is 1. The van der Waals surface area contributed by atoms with Crippen LogP contribution in [-0.4, -0.2) is 57.2 Å². The molecule has 2 aromatic carbocycles. The van der Waals surface area contributed by atoms with Gasteiger partial charge in [-0.15, -0.1) is 11.8 Å². The average molecular weight is 456 g/mol. The first-order chi connectivity index (χ1) is 15.5. The first-order valence-electron chi connectivity index (χ1n) is 10.9. The first-order valence-corrected chi connectivity index (χ1v) is 11.7. The van der Waals surface area contributed by atoms with E-state index in [0.717, 1.165) is 38.0 Å². The third-order valence-electron chi connectivity index (χ3n) is 6.24. The number of nitrogens with two attached hydrogens (primary N) is 1. The lowest BCUT2D eigenvalue weighted by Gasteiger charge is -2.41. The van der Waals surface area contributed by atoms with E-state index >= 15 is 0 Å². The van der Waals surface area contributed by atoms with Crippen LogP contribution in [0.1, 0.15) is 24.0 Å². The molecular weight excluding hydrogens is 426 g/mol. The zero-order chi connectivity index (χ0) is 22.6. The maximum absolute atomic E-state index is 13.1. The van der Waals surface area contributed by atoms with Gasteiger partial charge in [-0.1, -0.05) is 60.7 Å². The van der Waals surface area contributed by atoms with E-state index in [1.807, 2.05) is 48.5 Å². The Labute approximate surface area is 192 Å². The number of rotatable bonds is 7. The number of carboxylic acid groups (broad SMARTS) is 1. The lowest BCUT2D eigenvalue weighted by atomic mass is 9.88. The van der Waals surface area contributed by atoms with E-state index in [-0.39, 0.29) is 12.6 Å². The normalized spacial score (nSPS) is 23.7. The van der Waals surface area contributed by atoms with Crippen molar-refractivity contribution >= 4 is 23.7 Å². The molecule has 2 aromatic rings. The lowest BCUT2D eigenvalue weighted by Crippen LogP contribution is -2.55. The molecule has 32 heavy (non-hydrogen) atoms. The summed E-state index contributed by atoms with van der Waals surface area (Å²) in [7, 11) is 0. The molecule has 4 N–H and O–H groups in total. The lowest BCUT2D eigenvalue weighted by molar-refractivity contribution is -0.149. The van der Waals surface area contributed by atoms with E-state index in [0.29, 0.717) is 0 Å². The highest BCUT2D eigenvalue weighted by Crippen LogP contribution is 2.47. The van der Waals surface area contributed by atoms with Gasteiger partial charge in [0, 0.05) is 11.3 Å². The average Bonchev–Trinajstić information content (AvgIpc) is 3.19. The van der Waals surface area contributed by atoms with E-state index < -0.39 is 28.2 Å². The number of thioether (sulfide) groups is 1. The summed E-state index contributed by atoms with van der Waals surface area (Å²) in [5.74, 6) is -1.43. The Bertz CT molecular complexity index is 919. The maximum atomic E-state index is 13.1. The monoisotopic (exact) mass is 455 g/mol. The van der Waals surface area contributed by atoms with Crippen molar-refractivity contribution in [3.8, 4) is 0 Å². The summed E-state index contributed by atoms with van der Waals surface area (Å²) in [5, 5.41) is 12.1. The van der Waals surface area contributed by atoms with Crippen molar-refractivity contribution in [1.29, 1.82) is 0 Å². The van der Waals surface area contributed by atoms with Crippen LogP contribution in [0.5, 0.6) is 0 Å². The van der Waals surface area contributed by atoms with Crippen LogP contribution in [0.3, 0.4) is 0 Å². The van der Waals surface area contributed by atoms with Crippen molar-refractivity contribution in [3.05, 3.63) is 71.8 Å². The number of esters is 1. The Morgan fingerprint density at radius 1 is 1.09 bits per heavy atom. The predicted octanol–water partition coefficient (Wildman–Crippen LogP) is 2.21. The van der Waals surface area contributed by atoms with Gasteiger partial charge in [0.05, 0.1) is 5.37 Å². The van der Waals surface area contributed by atoms with Crippen LogP contribution >= 0.6 is 11.8 Å². The van der Waals surface area contributed by atoms with Gasteiger partial charge in [0.25, 0.3) is 0 Å². The fourth-order valence-corrected chi connectivity index (χ4v) is 6.10. The molecule has 0 saturated carbocycles. The quantitative estimate of drug-likeness (QED) is 0.546. The van der Waals surface area contributed by atoms with E-state index in [1.165, 1.54) is 17.3 Å². The van der Waals surface area contributed by atoms with Crippen molar-refractivity contribution in [2.75, 3.05) is 13.1 Å². The summed E-state index contributed by atoms with van der Waals surface area (Å²) in [4.78, 5) is 27.0. The zero-order valence-corrected chi connectivity index (χ0v) is 18.7. The molecule has 1 spiro atoms. The summed E-state index contributed by atoms with van der Waals surface area (Å²) in [6.07, 6.45) is 1.51. The molecule has 2 heterocycles. The van der Waals surface area contributed by atoms with E-state index in [2.05, 4.69) is 22.3 Å². The number of carbonyl (C=O) groups excluding carboxylic acids is 1. The van der Waals surface area contributed by atoms with Crippen molar-refractivity contribution in [2.24, 2.45) is 5.73 Å². The number of hydrogen-bond donors (Lipinski definition) is 3. The van der Waals surface area contributed by atoms with Crippen LogP contribution in [-0.2, 0) is 27.5 Å². The smallest absolute Gasteiger partial charge is 0.324 e. The number of likely N-dealkylation sites (tertiary alicyclic amines) is 1. The second-order valence-electron chi connectivity index (χ2n) is 8.42. The molecule has 3 atom stereocenters. The molecule has 2 aliphatic heterocycles. The van der Waals surface area contributed by atoms with Crippen LogP contribution in [0.25, 0.3) is 0 Å². The fraction of sp³-hybridized carbons (Fsp3) is 0.417. The maximum Gasteiger partial charge on any atom is 0.324 e. The molecular formula is C24H29N3O4S. The second-order valence-corrected chi connectivity index (χ2v) is 9.98. The number of benzene rings is 2. The first kappa shape index (κ1) is 22.8. The summed E-state index contributed by atoms with van der Waals surface area (Å²) >= 11 is 1.49. The van der Waals surface area contributed by atoms with Crippen LogP contribution in [0.15, 0.2) is 60.7 Å². The topological polar surface area (TPSA) is 105 Å². The third-order valence-corrected chi connectivity index (χ3v) is 8.04. The highest BCUT2D eigenvalue weighted by molar-refractivity contribution is 8.01. The largest absolute Gasteiger partial charge is 0.480 e. The zero-order valence-electron chi connectivity index (χ0n) is 17.9. The van der Waals surface area contributed by atoms with E-state index in [1.54, 1.807) is 0 Å². The van der Waals surface area contributed by atoms with Gasteiger partial charge >= 0.3 is 11.9 Å².